The summed E-state index contributed by atoms with van der Waals surface area (Å²) in [5.74, 6) is -0.346. The summed E-state index contributed by atoms with van der Waals surface area (Å²) in [5.41, 5.74) is 1.57. The van der Waals surface area contributed by atoms with Gasteiger partial charge in [-0.05, 0) is 73.9 Å². The number of amides is 2. The second-order valence-corrected chi connectivity index (χ2v) is 14.7. The Hall–Kier alpha value is -4.05. The van der Waals surface area contributed by atoms with Gasteiger partial charge in [-0.2, -0.15) is 0 Å². The van der Waals surface area contributed by atoms with Gasteiger partial charge in [0.25, 0.3) is 10.0 Å². The van der Waals surface area contributed by atoms with Crippen molar-refractivity contribution in [2.45, 2.75) is 69.0 Å². The van der Waals surface area contributed by atoms with Crippen LogP contribution in [0.2, 0.25) is 10.0 Å². The second-order valence-electron chi connectivity index (χ2n) is 12.0. The molecule has 2 amide bonds. The first-order chi connectivity index (χ1) is 23.7. The van der Waals surface area contributed by atoms with Crippen molar-refractivity contribution in [3.05, 3.63) is 124 Å². The van der Waals surface area contributed by atoms with E-state index in [4.69, 9.17) is 27.9 Å². The van der Waals surface area contributed by atoms with Gasteiger partial charge in [-0.3, -0.25) is 13.9 Å². The van der Waals surface area contributed by atoms with Gasteiger partial charge in [0.1, 0.15) is 18.3 Å². The zero-order valence-electron chi connectivity index (χ0n) is 27.4. The molecule has 0 aromatic heterocycles. The maximum absolute atomic E-state index is 14.8. The second kappa shape index (κ2) is 17.1. The van der Waals surface area contributed by atoms with Crippen LogP contribution in [-0.4, -0.2) is 50.4 Å². The highest BCUT2D eigenvalue weighted by atomic mass is 35.5. The molecule has 1 fully saturated rings. The first kappa shape index (κ1) is 36.2. The van der Waals surface area contributed by atoms with Crippen LogP contribution in [-0.2, 0) is 32.6 Å². The maximum Gasteiger partial charge on any atom is 0.264 e. The van der Waals surface area contributed by atoms with Crippen molar-refractivity contribution < 1.29 is 22.7 Å². The molecule has 8 nitrogen and oxygen atoms in total. The van der Waals surface area contributed by atoms with E-state index in [1.807, 2.05) is 37.3 Å². The van der Waals surface area contributed by atoms with Crippen LogP contribution in [0, 0.1) is 0 Å². The number of rotatable bonds is 14. The molecule has 1 saturated carbocycles. The summed E-state index contributed by atoms with van der Waals surface area (Å²) in [6.07, 6.45) is 5.05. The fourth-order valence-corrected chi connectivity index (χ4v) is 8.03. The smallest absolute Gasteiger partial charge is 0.264 e. The van der Waals surface area contributed by atoms with Crippen molar-refractivity contribution in [1.29, 1.82) is 0 Å². The van der Waals surface area contributed by atoms with E-state index in [1.54, 1.807) is 60.7 Å². The van der Waals surface area contributed by atoms with Crippen LogP contribution in [0.1, 0.15) is 50.2 Å². The number of halogens is 2. The Morgan fingerprint density at radius 2 is 1.45 bits per heavy atom. The topological polar surface area (TPSA) is 96.0 Å². The van der Waals surface area contributed by atoms with E-state index < -0.39 is 28.5 Å². The Balaban J connectivity index is 1.58. The van der Waals surface area contributed by atoms with Crippen LogP contribution < -0.4 is 14.4 Å². The molecule has 0 bridgehead atoms. The molecule has 0 spiro atoms. The average molecular weight is 723 g/mol. The van der Waals surface area contributed by atoms with E-state index in [2.05, 4.69) is 5.32 Å². The van der Waals surface area contributed by atoms with Gasteiger partial charge in [0.2, 0.25) is 11.8 Å². The van der Waals surface area contributed by atoms with E-state index in [-0.39, 0.29) is 35.5 Å². The molecule has 1 aliphatic rings. The van der Waals surface area contributed by atoms with E-state index >= 15 is 0 Å². The highest BCUT2D eigenvalue weighted by molar-refractivity contribution is 7.92. The number of carbonyl (C=O) groups excluding carboxylic acids is 2. The van der Waals surface area contributed by atoms with Gasteiger partial charge in [0, 0.05) is 34.6 Å². The summed E-state index contributed by atoms with van der Waals surface area (Å²) in [6, 6.07) is 28.0. The molecule has 1 atom stereocenters. The molecule has 0 unspecified atom stereocenters. The lowest BCUT2D eigenvalue weighted by molar-refractivity contribution is -0.140. The van der Waals surface area contributed by atoms with Crippen molar-refractivity contribution >= 4 is 50.7 Å². The molecule has 0 radical (unpaired) electrons. The van der Waals surface area contributed by atoms with Crippen molar-refractivity contribution in [3.8, 4) is 5.75 Å². The number of ether oxygens (including phenoxy) is 1. The standard InChI is InChI=1S/C38H41Cl2N3O5S/c1-2-48-31-23-21-30(22-24-31)43(49(46,47)32-17-10-5-11-18-32)27-37(44)42(26-33-34(39)19-12-20-35(33)40)36(25-28-13-6-3-7-14-28)38(45)41-29-15-8-4-9-16-29/h3,5-7,10-14,17-24,29,36H,2,4,8-9,15-16,25-27H2,1H3,(H,41,45)/t36-/m1/s1. The van der Waals surface area contributed by atoms with Crippen molar-refractivity contribution in [2.24, 2.45) is 0 Å². The van der Waals surface area contributed by atoms with E-state index in [0.29, 0.717) is 28.0 Å². The number of nitrogens with one attached hydrogen (secondary N) is 1. The lowest BCUT2D eigenvalue weighted by atomic mass is 9.94. The maximum atomic E-state index is 14.8. The van der Waals surface area contributed by atoms with E-state index in [0.717, 1.165) is 42.0 Å². The summed E-state index contributed by atoms with van der Waals surface area (Å²) in [6.45, 7) is 1.59. The molecule has 0 heterocycles. The zero-order chi connectivity index (χ0) is 34.8. The SMILES string of the molecule is CCOc1ccc(N(CC(=O)N(Cc2c(Cl)cccc2Cl)[C@H](Cc2ccccc2)C(=O)NC2CCCCC2)S(=O)(=O)c2ccccc2)cc1. The minimum absolute atomic E-state index is 0.0146. The van der Waals surface area contributed by atoms with Crippen LogP contribution >= 0.6 is 23.2 Å². The number of carbonyl (C=O) groups is 2. The Kier molecular flexibility index (Phi) is 12.6. The van der Waals surface area contributed by atoms with Crippen LogP contribution in [0.3, 0.4) is 0 Å². The quantitative estimate of drug-likeness (QED) is 0.144. The third kappa shape index (κ3) is 9.35. The molecule has 1 N–H and O–H groups in total. The molecule has 4 aromatic rings. The van der Waals surface area contributed by atoms with E-state index in [1.165, 1.54) is 17.0 Å². The average Bonchev–Trinajstić information content (AvgIpc) is 3.11. The monoisotopic (exact) mass is 721 g/mol. The van der Waals surface area contributed by atoms with Gasteiger partial charge in [-0.15, -0.1) is 0 Å². The summed E-state index contributed by atoms with van der Waals surface area (Å²) in [5, 5.41) is 3.86. The number of hydrogen-bond acceptors (Lipinski definition) is 5. The Morgan fingerprint density at radius 3 is 2.06 bits per heavy atom. The Labute approximate surface area is 299 Å². The van der Waals surface area contributed by atoms with Gasteiger partial charge in [-0.25, -0.2) is 8.42 Å². The van der Waals surface area contributed by atoms with Crippen molar-refractivity contribution in [3.63, 3.8) is 0 Å². The molecule has 258 valence electrons. The van der Waals surface area contributed by atoms with Crippen LogP contribution in [0.15, 0.2) is 108 Å². The van der Waals surface area contributed by atoms with Gasteiger partial charge in [-0.1, -0.05) is 97.1 Å². The van der Waals surface area contributed by atoms with Crippen molar-refractivity contribution in [1.82, 2.24) is 10.2 Å². The third-order valence-corrected chi connectivity index (χ3v) is 11.2. The molecular formula is C38H41Cl2N3O5S. The lowest BCUT2D eigenvalue weighted by Crippen LogP contribution is -2.55. The number of nitrogens with zero attached hydrogens (tertiary/aromatic N) is 2. The van der Waals surface area contributed by atoms with Gasteiger partial charge in [0.05, 0.1) is 17.2 Å². The molecular weight excluding hydrogens is 681 g/mol. The van der Waals surface area contributed by atoms with Crippen LogP contribution in [0.4, 0.5) is 5.69 Å². The van der Waals surface area contributed by atoms with Gasteiger partial charge >= 0.3 is 0 Å². The van der Waals surface area contributed by atoms with Gasteiger partial charge in [0.15, 0.2) is 0 Å². The summed E-state index contributed by atoms with van der Waals surface area (Å²) in [4.78, 5) is 30.5. The molecule has 0 saturated heterocycles. The molecule has 1 aliphatic carbocycles. The number of benzene rings is 4. The van der Waals surface area contributed by atoms with Crippen LogP contribution in [0.5, 0.6) is 5.75 Å². The molecule has 5 rings (SSSR count). The lowest BCUT2D eigenvalue weighted by Gasteiger charge is -2.35. The summed E-state index contributed by atoms with van der Waals surface area (Å²) >= 11 is 13.3. The number of hydrogen-bond donors (Lipinski definition) is 1. The third-order valence-electron chi connectivity index (χ3n) is 8.66. The zero-order valence-corrected chi connectivity index (χ0v) is 29.8. The highest BCUT2D eigenvalue weighted by Crippen LogP contribution is 2.30. The minimum atomic E-state index is -4.23. The predicted molar refractivity (Wildman–Crippen MR) is 195 cm³/mol. The largest absolute Gasteiger partial charge is 0.494 e. The Morgan fingerprint density at radius 1 is 0.837 bits per heavy atom. The fraction of sp³-hybridized carbons (Fsp3) is 0.316. The summed E-state index contributed by atoms with van der Waals surface area (Å²) in [7, 11) is -4.23. The first-order valence-corrected chi connectivity index (χ1v) is 18.7. The molecule has 0 aliphatic heterocycles. The first-order valence-electron chi connectivity index (χ1n) is 16.5. The summed E-state index contributed by atoms with van der Waals surface area (Å²) < 4.78 is 35.1. The predicted octanol–water partition coefficient (Wildman–Crippen LogP) is 7.68. The van der Waals surface area contributed by atoms with Crippen molar-refractivity contribution in [2.75, 3.05) is 17.5 Å². The molecule has 4 aromatic carbocycles. The van der Waals surface area contributed by atoms with Crippen LogP contribution in [0.25, 0.3) is 0 Å². The molecule has 49 heavy (non-hydrogen) atoms. The fourth-order valence-electron chi connectivity index (χ4n) is 6.08. The molecule has 11 heteroatoms. The number of anilines is 1. The normalized spacial score (nSPS) is 14.1. The number of sulfonamides is 1. The van der Waals surface area contributed by atoms with E-state index in [9.17, 15) is 18.0 Å². The minimum Gasteiger partial charge on any atom is -0.494 e. The highest BCUT2D eigenvalue weighted by Gasteiger charge is 2.36. The Bertz CT molecular complexity index is 1780. The van der Waals surface area contributed by atoms with Gasteiger partial charge < -0.3 is 15.0 Å².